The predicted molar refractivity (Wildman–Crippen MR) is 85.0 cm³/mol. The van der Waals surface area contributed by atoms with Crippen LogP contribution in [0.2, 0.25) is 0 Å². The molecule has 0 heterocycles. The summed E-state index contributed by atoms with van der Waals surface area (Å²) in [4.78, 5) is 0. The largest absolute Gasteiger partial charge is 0.489 e. The monoisotopic (exact) mass is 273 g/mol. The van der Waals surface area contributed by atoms with Gasteiger partial charge in [-0.05, 0) is 37.2 Å². The minimum absolute atomic E-state index is 0.531. The number of hydrogen-bond donors (Lipinski definition) is 1. The highest BCUT2D eigenvalue weighted by atomic mass is 16.5. The lowest BCUT2D eigenvalue weighted by Gasteiger charge is -2.34. The molecule has 2 nitrogen and oxygen atoms in total. The molecule has 0 radical (unpaired) electrons. The van der Waals surface area contributed by atoms with Gasteiger partial charge in [-0.2, -0.15) is 0 Å². The van der Waals surface area contributed by atoms with Gasteiger partial charge in [0.2, 0.25) is 0 Å². The molecule has 1 N–H and O–H groups in total. The van der Waals surface area contributed by atoms with E-state index in [0.29, 0.717) is 18.1 Å². The molecule has 2 heteroatoms. The first-order valence-electron chi connectivity index (χ1n) is 7.66. The van der Waals surface area contributed by atoms with Gasteiger partial charge in [0.05, 0.1) is 0 Å². The third-order valence-electron chi connectivity index (χ3n) is 4.25. The summed E-state index contributed by atoms with van der Waals surface area (Å²) >= 11 is 0. The third-order valence-corrected chi connectivity index (χ3v) is 4.25. The highest BCUT2D eigenvalue weighted by Gasteiger charge is 2.26. The van der Waals surface area contributed by atoms with Crippen molar-refractivity contribution in [3.63, 3.8) is 0 Å². The molecule has 1 aromatic rings. The SMILES string of the molecule is C=CCOc1ccccc1CNC1CCC(C)(C)CC1. The molecule has 1 aliphatic carbocycles. The highest BCUT2D eigenvalue weighted by molar-refractivity contribution is 5.33. The number of rotatable bonds is 6. The Balaban J connectivity index is 1.86. The standard InChI is InChI=1S/C18H27NO/c1-4-13-20-17-8-6-5-7-15(17)14-19-16-9-11-18(2,3)12-10-16/h4-8,16,19H,1,9-14H2,2-3H3. The van der Waals surface area contributed by atoms with Gasteiger partial charge in [0.15, 0.2) is 0 Å². The van der Waals surface area contributed by atoms with E-state index in [1.54, 1.807) is 6.08 Å². The maximum atomic E-state index is 5.70. The van der Waals surface area contributed by atoms with E-state index in [1.165, 1.54) is 31.2 Å². The summed E-state index contributed by atoms with van der Waals surface area (Å²) in [5.41, 5.74) is 1.77. The van der Waals surface area contributed by atoms with Crippen LogP contribution in [0.25, 0.3) is 0 Å². The fourth-order valence-corrected chi connectivity index (χ4v) is 2.80. The Morgan fingerprint density at radius 1 is 1.30 bits per heavy atom. The lowest BCUT2D eigenvalue weighted by Crippen LogP contribution is -2.35. The molecule has 0 bridgehead atoms. The molecule has 1 saturated carbocycles. The molecule has 20 heavy (non-hydrogen) atoms. The summed E-state index contributed by atoms with van der Waals surface area (Å²) in [6, 6.07) is 8.91. The van der Waals surface area contributed by atoms with E-state index in [1.807, 2.05) is 12.1 Å². The van der Waals surface area contributed by atoms with Gasteiger partial charge in [-0.25, -0.2) is 0 Å². The van der Waals surface area contributed by atoms with Gasteiger partial charge < -0.3 is 10.1 Å². The Labute approximate surface area is 123 Å². The molecule has 1 aromatic carbocycles. The zero-order valence-corrected chi connectivity index (χ0v) is 12.8. The van der Waals surface area contributed by atoms with Crippen molar-refractivity contribution in [2.24, 2.45) is 5.41 Å². The van der Waals surface area contributed by atoms with Crippen LogP contribution in [0.3, 0.4) is 0 Å². The van der Waals surface area contributed by atoms with Crippen molar-refractivity contribution in [1.29, 1.82) is 0 Å². The first-order chi connectivity index (χ1) is 9.61. The Morgan fingerprint density at radius 2 is 2.00 bits per heavy atom. The molecule has 0 aromatic heterocycles. The molecule has 0 unspecified atom stereocenters. The first kappa shape index (κ1) is 15.1. The Hall–Kier alpha value is -1.28. The summed E-state index contributed by atoms with van der Waals surface area (Å²) < 4.78 is 5.70. The molecule has 1 aliphatic rings. The van der Waals surface area contributed by atoms with Crippen LogP contribution in [-0.4, -0.2) is 12.6 Å². The molecule has 0 amide bonds. The van der Waals surface area contributed by atoms with Gasteiger partial charge in [0, 0.05) is 18.2 Å². The second-order valence-electron chi connectivity index (χ2n) is 6.53. The first-order valence-corrected chi connectivity index (χ1v) is 7.66. The van der Waals surface area contributed by atoms with E-state index in [9.17, 15) is 0 Å². The van der Waals surface area contributed by atoms with Crippen LogP contribution < -0.4 is 10.1 Å². The molecule has 110 valence electrons. The van der Waals surface area contributed by atoms with Crippen LogP contribution in [0.5, 0.6) is 5.75 Å². The Bertz CT molecular complexity index is 429. The fraction of sp³-hybridized carbons (Fsp3) is 0.556. The summed E-state index contributed by atoms with van der Waals surface area (Å²) in [6.07, 6.45) is 6.98. The number of benzene rings is 1. The topological polar surface area (TPSA) is 21.3 Å². The molecular weight excluding hydrogens is 246 g/mol. The van der Waals surface area contributed by atoms with Crippen LogP contribution in [0, 0.1) is 5.41 Å². The Morgan fingerprint density at radius 3 is 2.70 bits per heavy atom. The van der Waals surface area contributed by atoms with Crippen LogP contribution in [0.4, 0.5) is 0 Å². The maximum absolute atomic E-state index is 5.70. The van der Waals surface area contributed by atoms with E-state index in [0.717, 1.165) is 12.3 Å². The second-order valence-corrected chi connectivity index (χ2v) is 6.53. The van der Waals surface area contributed by atoms with Crippen molar-refractivity contribution in [1.82, 2.24) is 5.32 Å². The van der Waals surface area contributed by atoms with Gasteiger partial charge in [0.1, 0.15) is 12.4 Å². The molecule has 0 saturated heterocycles. The lowest BCUT2D eigenvalue weighted by atomic mass is 9.75. The van der Waals surface area contributed by atoms with E-state index in [2.05, 4.69) is 37.9 Å². The van der Waals surface area contributed by atoms with Gasteiger partial charge in [-0.15, -0.1) is 0 Å². The zero-order valence-electron chi connectivity index (χ0n) is 12.8. The minimum Gasteiger partial charge on any atom is -0.489 e. The van der Waals surface area contributed by atoms with E-state index < -0.39 is 0 Å². The molecule has 1 fully saturated rings. The quantitative estimate of drug-likeness (QED) is 0.780. The zero-order chi connectivity index (χ0) is 14.4. The smallest absolute Gasteiger partial charge is 0.124 e. The van der Waals surface area contributed by atoms with Gasteiger partial charge in [0.25, 0.3) is 0 Å². The average Bonchev–Trinajstić information content (AvgIpc) is 2.45. The van der Waals surface area contributed by atoms with Crippen LogP contribution in [0.1, 0.15) is 45.1 Å². The third kappa shape index (κ3) is 4.38. The van der Waals surface area contributed by atoms with Crippen LogP contribution in [0.15, 0.2) is 36.9 Å². The fourth-order valence-electron chi connectivity index (χ4n) is 2.80. The van der Waals surface area contributed by atoms with Crippen LogP contribution in [-0.2, 0) is 6.54 Å². The Kier molecular flexibility index (Phi) is 5.24. The lowest BCUT2D eigenvalue weighted by molar-refractivity contribution is 0.205. The predicted octanol–water partition coefficient (Wildman–Crippen LogP) is 4.31. The average molecular weight is 273 g/mol. The number of hydrogen-bond acceptors (Lipinski definition) is 2. The van der Waals surface area contributed by atoms with Crippen molar-refractivity contribution in [2.45, 2.75) is 52.1 Å². The normalized spacial score (nSPS) is 18.7. The number of nitrogens with one attached hydrogen (secondary N) is 1. The van der Waals surface area contributed by atoms with Crippen molar-refractivity contribution in [2.75, 3.05) is 6.61 Å². The van der Waals surface area contributed by atoms with Crippen molar-refractivity contribution >= 4 is 0 Å². The van der Waals surface area contributed by atoms with Crippen molar-refractivity contribution in [3.05, 3.63) is 42.5 Å². The summed E-state index contributed by atoms with van der Waals surface area (Å²) in [5, 5.41) is 3.69. The van der Waals surface area contributed by atoms with E-state index in [4.69, 9.17) is 4.74 Å². The highest BCUT2D eigenvalue weighted by Crippen LogP contribution is 2.35. The maximum Gasteiger partial charge on any atom is 0.124 e. The minimum atomic E-state index is 0.531. The molecule has 0 spiro atoms. The van der Waals surface area contributed by atoms with E-state index in [-0.39, 0.29) is 0 Å². The van der Waals surface area contributed by atoms with Gasteiger partial charge >= 0.3 is 0 Å². The van der Waals surface area contributed by atoms with Gasteiger partial charge in [-0.3, -0.25) is 0 Å². The molecule has 2 rings (SSSR count). The van der Waals surface area contributed by atoms with Crippen LogP contribution >= 0.6 is 0 Å². The summed E-state index contributed by atoms with van der Waals surface area (Å²) in [5.74, 6) is 0.969. The number of ether oxygens (including phenoxy) is 1. The molecule has 0 aliphatic heterocycles. The molecular formula is C18H27NO. The van der Waals surface area contributed by atoms with E-state index >= 15 is 0 Å². The number of para-hydroxylation sites is 1. The van der Waals surface area contributed by atoms with Crippen molar-refractivity contribution < 1.29 is 4.74 Å². The summed E-state index contributed by atoms with van der Waals surface area (Å²) in [7, 11) is 0. The van der Waals surface area contributed by atoms with Gasteiger partial charge in [-0.1, -0.05) is 44.7 Å². The molecule has 0 atom stereocenters. The van der Waals surface area contributed by atoms with Crippen molar-refractivity contribution in [3.8, 4) is 5.75 Å². The summed E-state index contributed by atoms with van der Waals surface area (Å²) in [6.45, 7) is 9.90. The second kappa shape index (κ2) is 6.94.